The number of anilines is 1. The summed E-state index contributed by atoms with van der Waals surface area (Å²) in [5.41, 5.74) is 0. The van der Waals surface area contributed by atoms with Gasteiger partial charge in [0.05, 0.1) is 11.4 Å². The van der Waals surface area contributed by atoms with Crippen molar-refractivity contribution >= 4 is 27.4 Å². The van der Waals surface area contributed by atoms with Gasteiger partial charge in [-0.15, -0.1) is 21.5 Å². The minimum Gasteiger partial charge on any atom is -0.346 e. The molecule has 1 unspecified atom stereocenters. The number of aryl methyl sites for hydroxylation is 2. The summed E-state index contributed by atoms with van der Waals surface area (Å²) in [5.74, 6) is 3.37. The zero-order valence-corrected chi connectivity index (χ0v) is 16.0. The molecule has 26 heavy (non-hydrogen) atoms. The Kier molecular flexibility index (Phi) is 4.11. The van der Waals surface area contributed by atoms with Gasteiger partial charge in [0.25, 0.3) is 0 Å². The van der Waals surface area contributed by atoms with Crippen molar-refractivity contribution in [2.24, 2.45) is 0 Å². The molecule has 3 aromatic heterocycles. The van der Waals surface area contributed by atoms with Gasteiger partial charge in [0.15, 0.2) is 5.82 Å². The lowest BCUT2D eigenvalue weighted by Crippen LogP contribution is -2.26. The maximum absolute atomic E-state index is 4.69. The van der Waals surface area contributed by atoms with Crippen LogP contribution in [0.25, 0.3) is 10.2 Å². The van der Waals surface area contributed by atoms with E-state index in [-0.39, 0.29) is 6.04 Å². The highest BCUT2D eigenvalue weighted by Crippen LogP contribution is 2.39. The van der Waals surface area contributed by atoms with Gasteiger partial charge in [-0.3, -0.25) is 0 Å². The second kappa shape index (κ2) is 6.61. The number of hydrogen-bond donors (Lipinski definition) is 0. The Balaban J connectivity index is 1.56. The number of rotatable bonds is 3. The first-order chi connectivity index (χ1) is 12.8. The molecule has 6 nitrogen and oxygen atoms in total. The van der Waals surface area contributed by atoms with E-state index in [0.29, 0.717) is 0 Å². The molecular weight excluding hydrogens is 344 g/mol. The number of hydrogen-bond acceptors (Lipinski definition) is 6. The molecule has 0 aromatic carbocycles. The van der Waals surface area contributed by atoms with Crippen molar-refractivity contribution in [3.05, 3.63) is 28.9 Å². The average Bonchev–Trinajstić information content (AvgIpc) is 3.35. The van der Waals surface area contributed by atoms with Crippen molar-refractivity contribution in [1.29, 1.82) is 0 Å². The van der Waals surface area contributed by atoms with Crippen LogP contribution in [0.1, 0.15) is 61.6 Å². The van der Waals surface area contributed by atoms with Crippen molar-refractivity contribution < 1.29 is 0 Å². The number of thiophene rings is 1. The molecule has 0 aliphatic carbocycles. The van der Waals surface area contributed by atoms with Crippen LogP contribution in [0.2, 0.25) is 0 Å². The first-order valence-corrected chi connectivity index (χ1v) is 10.6. The largest absolute Gasteiger partial charge is 0.346 e. The van der Waals surface area contributed by atoms with Crippen molar-refractivity contribution in [3.8, 4) is 0 Å². The molecule has 1 fully saturated rings. The zero-order chi connectivity index (χ0) is 17.5. The first kappa shape index (κ1) is 16.2. The Bertz CT molecular complexity index is 929. The van der Waals surface area contributed by atoms with Gasteiger partial charge in [0.1, 0.15) is 22.8 Å². The molecule has 0 spiro atoms. The molecule has 2 aliphatic rings. The van der Waals surface area contributed by atoms with Gasteiger partial charge in [-0.1, -0.05) is 13.3 Å². The van der Waals surface area contributed by atoms with Gasteiger partial charge in [0.2, 0.25) is 0 Å². The minimum absolute atomic E-state index is 0.275. The van der Waals surface area contributed by atoms with E-state index in [9.17, 15) is 0 Å². The molecule has 0 amide bonds. The minimum atomic E-state index is 0.275. The van der Waals surface area contributed by atoms with E-state index in [2.05, 4.69) is 37.6 Å². The van der Waals surface area contributed by atoms with Crippen LogP contribution in [0.15, 0.2) is 12.4 Å². The maximum Gasteiger partial charge on any atom is 0.155 e. The summed E-state index contributed by atoms with van der Waals surface area (Å²) in [6.45, 7) is 4.28. The van der Waals surface area contributed by atoms with Crippen LogP contribution >= 0.6 is 11.3 Å². The lowest BCUT2D eigenvalue weighted by atomic mass is 10.2. The monoisotopic (exact) mass is 368 g/mol. The summed E-state index contributed by atoms with van der Waals surface area (Å²) in [5, 5.41) is 10.3. The third kappa shape index (κ3) is 2.60. The fraction of sp³-hybridized carbons (Fsp3) is 0.579. The van der Waals surface area contributed by atoms with Crippen LogP contribution < -0.4 is 4.90 Å². The van der Waals surface area contributed by atoms with Crippen molar-refractivity contribution in [3.63, 3.8) is 0 Å². The van der Waals surface area contributed by atoms with Crippen molar-refractivity contribution in [2.75, 3.05) is 11.4 Å². The van der Waals surface area contributed by atoms with Crippen LogP contribution in [0.3, 0.4) is 0 Å². The second-order valence-electron chi connectivity index (χ2n) is 7.27. The smallest absolute Gasteiger partial charge is 0.155 e. The molecule has 1 saturated heterocycles. The van der Waals surface area contributed by atoms with Crippen LogP contribution in [0.4, 0.5) is 5.82 Å². The lowest BCUT2D eigenvalue weighted by molar-refractivity contribution is 0.558. The van der Waals surface area contributed by atoms with Crippen molar-refractivity contribution in [1.82, 2.24) is 24.7 Å². The van der Waals surface area contributed by atoms with Gasteiger partial charge < -0.3 is 9.47 Å². The standard InChI is InChI=1S/C19H24N6S/c1-2-13-11-14-17(20-12-21-19(14)26-13)24-10-6-7-15(24)18-23-22-16-8-4-3-5-9-25(16)18/h11-12,15H,2-10H2,1H3. The summed E-state index contributed by atoms with van der Waals surface area (Å²) in [6.07, 6.45) is 9.85. The topological polar surface area (TPSA) is 59.7 Å². The summed E-state index contributed by atoms with van der Waals surface area (Å²) < 4.78 is 2.39. The van der Waals surface area contributed by atoms with Crippen LogP contribution in [-0.4, -0.2) is 31.3 Å². The highest BCUT2D eigenvalue weighted by atomic mass is 32.1. The van der Waals surface area contributed by atoms with Gasteiger partial charge in [-0.2, -0.15) is 0 Å². The van der Waals surface area contributed by atoms with E-state index >= 15 is 0 Å². The summed E-state index contributed by atoms with van der Waals surface area (Å²) in [7, 11) is 0. The van der Waals surface area contributed by atoms with Crippen LogP contribution in [0.5, 0.6) is 0 Å². The van der Waals surface area contributed by atoms with E-state index < -0.39 is 0 Å². The molecule has 0 saturated carbocycles. The molecule has 1 atom stereocenters. The van der Waals surface area contributed by atoms with Gasteiger partial charge in [-0.25, -0.2) is 9.97 Å². The molecule has 5 rings (SSSR count). The van der Waals surface area contributed by atoms with E-state index in [4.69, 9.17) is 4.98 Å². The average molecular weight is 369 g/mol. The SMILES string of the molecule is CCc1cc2c(N3CCCC3c3nnc4n3CCCCC4)ncnc2s1. The summed E-state index contributed by atoms with van der Waals surface area (Å²) in [6, 6.07) is 2.55. The summed E-state index contributed by atoms with van der Waals surface area (Å²) >= 11 is 1.78. The molecule has 0 N–H and O–H groups in total. The quantitative estimate of drug-likeness (QED) is 0.701. The molecule has 136 valence electrons. The maximum atomic E-state index is 4.69. The van der Waals surface area contributed by atoms with E-state index in [1.54, 1.807) is 17.7 Å². The van der Waals surface area contributed by atoms with E-state index in [1.165, 1.54) is 41.8 Å². The number of nitrogens with zero attached hydrogens (tertiary/aromatic N) is 6. The Morgan fingerprint density at radius 3 is 3.00 bits per heavy atom. The molecular formula is C19H24N6S. The fourth-order valence-electron chi connectivity index (χ4n) is 4.34. The lowest BCUT2D eigenvalue weighted by Gasteiger charge is -2.26. The predicted octanol–water partition coefficient (Wildman–Crippen LogP) is 3.91. The highest BCUT2D eigenvalue weighted by Gasteiger charge is 2.33. The van der Waals surface area contributed by atoms with Gasteiger partial charge >= 0.3 is 0 Å². The van der Waals surface area contributed by atoms with E-state index in [1.807, 2.05) is 0 Å². The Hall–Kier alpha value is -2.02. The molecule has 2 aliphatic heterocycles. The molecule has 5 heterocycles. The predicted molar refractivity (Wildman–Crippen MR) is 104 cm³/mol. The Labute approximate surface area is 157 Å². The summed E-state index contributed by atoms with van der Waals surface area (Å²) in [4.78, 5) is 14.1. The van der Waals surface area contributed by atoms with Crippen LogP contribution in [0, 0.1) is 0 Å². The van der Waals surface area contributed by atoms with E-state index in [0.717, 1.165) is 48.8 Å². The fourth-order valence-corrected chi connectivity index (χ4v) is 5.27. The molecule has 0 bridgehead atoms. The Morgan fingerprint density at radius 1 is 1.12 bits per heavy atom. The molecule has 7 heteroatoms. The first-order valence-electron chi connectivity index (χ1n) is 9.77. The Morgan fingerprint density at radius 2 is 2.08 bits per heavy atom. The third-order valence-electron chi connectivity index (χ3n) is 5.67. The third-order valence-corrected chi connectivity index (χ3v) is 6.86. The number of fused-ring (bicyclic) bond motifs is 2. The number of aromatic nitrogens is 5. The van der Waals surface area contributed by atoms with Gasteiger partial charge in [0, 0.05) is 24.4 Å². The molecule has 3 aromatic rings. The zero-order valence-electron chi connectivity index (χ0n) is 15.2. The normalized spacial score (nSPS) is 20.5. The van der Waals surface area contributed by atoms with Gasteiger partial charge in [-0.05, 0) is 38.2 Å². The van der Waals surface area contributed by atoms with Crippen LogP contribution in [-0.2, 0) is 19.4 Å². The second-order valence-corrected chi connectivity index (χ2v) is 8.39. The van der Waals surface area contributed by atoms with Crippen molar-refractivity contribution in [2.45, 2.75) is 64.5 Å². The highest BCUT2D eigenvalue weighted by molar-refractivity contribution is 7.18. The molecule has 0 radical (unpaired) electrons.